The predicted octanol–water partition coefficient (Wildman–Crippen LogP) is 1.21. The van der Waals surface area contributed by atoms with Crippen LogP contribution in [0, 0.1) is 0 Å². The molecule has 0 radical (unpaired) electrons. The van der Waals surface area contributed by atoms with E-state index in [4.69, 9.17) is 15.2 Å². The zero-order valence-electron chi connectivity index (χ0n) is 16.9. The molecule has 166 valence electrons. The Morgan fingerprint density at radius 2 is 1.73 bits per heavy atom. The fourth-order valence-corrected chi connectivity index (χ4v) is 4.95. The molecule has 1 saturated carbocycles. The summed E-state index contributed by atoms with van der Waals surface area (Å²) in [5, 5.41) is 2.94. The minimum absolute atomic E-state index is 0.00914. The van der Waals surface area contributed by atoms with E-state index in [1.54, 1.807) is 0 Å². The molecular formula is C20H29N3O6S. The van der Waals surface area contributed by atoms with Crippen LogP contribution >= 0.6 is 0 Å². The Labute approximate surface area is 176 Å². The van der Waals surface area contributed by atoms with Gasteiger partial charge in [0.15, 0.2) is 11.5 Å². The number of nitrogens with one attached hydrogen (secondary N) is 2. The standard InChI is InChI=1S/C20H29N3O6S/c21-19(24)10-8-16(20(25)22-14-5-3-1-2-4-6-14)23-30(26,27)15-7-9-17-18(13-15)29-12-11-28-17/h7,9,13-14,16,23H,1-6,8,10-12H2,(H2,21,24)(H,22,25)/t16-/m0/s1. The molecule has 0 aromatic heterocycles. The van der Waals surface area contributed by atoms with E-state index in [0.717, 1.165) is 38.5 Å². The summed E-state index contributed by atoms with van der Waals surface area (Å²) < 4.78 is 39.1. The van der Waals surface area contributed by atoms with Crippen molar-refractivity contribution in [1.82, 2.24) is 10.0 Å². The highest BCUT2D eigenvalue weighted by molar-refractivity contribution is 7.89. The molecule has 1 aromatic carbocycles. The van der Waals surface area contributed by atoms with Crippen molar-refractivity contribution in [3.8, 4) is 11.5 Å². The molecule has 4 N–H and O–H groups in total. The molecule has 1 aliphatic heterocycles. The molecule has 0 unspecified atom stereocenters. The van der Waals surface area contributed by atoms with E-state index in [-0.39, 0.29) is 23.8 Å². The third-order valence-corrected chi connectivity index (χ3v) is 6.79. The Morgan fingerprint density at radius 3 is 2.40 bits per heavy atom. The summed E-state index contributed by atoms with van der Waals surface area (Å²) in [7, 11) is -4.03. The number of benzene rings is 1. The van der Waals surface area contributed by atoms with Crippen molar-refractivity contribution < 1.29 is 27.5 Å². The van der Waals surface area contributed by atoms with Crippen LogP contribution in [0.5, 0.6) is 11.5 Å². The Bertz CT molecular complexity index is 865. The zero-order valence-corrected chi connectivity index (χ0v) is 17.7. The van der Waals surface area contributed by atoms with Crippen molar-refractivity contribution in [3.63, 3.8) is 0 Å². The molecule has 9 nitrogen and oxygen atoms in total. The molecule has 1 heterocycles. The van der Waals surface area contributed by atoms with E-state index in [1.807, 2.05) is 0 Å². The van der Waals surface area contributed by atoms with Gasteiger partial charge in [0.05, 0.1) is 4.90 Å². The molecule has 1 aliphatic carbocycles. The lowest BCUT2D eigenvalue weighted by atomic mass is 10.1. The summed E-state index contributed by atoms with van der Waals surface area (Å²) in [6.07, 6.45) is 5.93. The van der Waals surface area contributed by atoms with Crippen LogP contribution in [0.25, 0.3) is 0 Å². The Morgan fingerprint density at radius 1 is 1.07 bits per heavy atom. The smallest absolute Gasteiger partial charge is 0.241 e. The van der Waals surface area contributed by atoms with Crippen molar-refractivity contribution in [2.24, 2.45) is 5.73 Å². The van der Waals surface area contributed by atoms with Gasteiger partial charge in [0.1, 0.15) is 19.3 Å². The van der Waals surface area contributed by atoms with Gasteiger partial charge in [0.25, 0.3) is 0 Å². The molecule has 1 fully saturated rings. The average molecular weight is 440 g/mol. The molecule has 2 amide bonds. The van der Waals surface area contributed by atoms with Gasteiger partial charge in [0.2, 0.25) is 21.8 Å². The number of carbonyl (C=O) groups is 2. The Kier molecular flexibility index (Phi) is 7.54. The normalized spacial score (nSPS) is 18.3. The summed E-state index contributed by atoms with van der Waals surface area (Å²) in [4.78, 5) is 24.0. The van der Waals surface area contributed by atoms with Crippen molar-refractivity contribution in [3.05, 3.63) is 18.2 Å². The molecule has 30 heavy (non-hydrogen) atoms. The van der Waals surface area contributed by atoms with Gasteiger partial charge in [-0.15, -0.1) is 0 Å². The van der Waals surface area contributed by atoms with Crippen LogP contribution < -0.4 is 25.2 Å². The topological polar surface area (TPSA) is 137 Å². The van der Waals surface area contributed by atoms with Crippen molar-refractivity contribution in [2.75, 3.05) is 13.2 Å². The average Bonchev–Trinajstić information content (AvgIpc) is 2.99. The number of amides is 2. The second-order valence-electron chi connectivity index (χ2n) is 7.68. The molecule has 0 spiro atoms. The first-order chi connectivity index (χ1) is 14.3. The number of carbonyl (C=O) groups excluding carboxylic acids is 2. The fourth-order valence-electron chi connectivity index (χ4n) is 3.70. The van der Waals surface area contributed by atoms with Gasteiger partial charge in [-0.05, 0) is 31.4 Å². The number of hydrogen-bond donors (Lipinski definition) is 3. The lowest BCUT2D eigenvalue weighted by molar-refractivity contribution is -0.124. The minimum atomic E-state index is -4.03. The highest BCUT2D eigenvalue weighted by Crippen LogP contribution is 2.32. The zero-order chi connectivity index (χ0) is 21.6. The third kappa shape index (κ3) is 6.09. The van der Waals surface area contributed by atoms with Crippen LogP contribution in [-0.2, 0) is 19.6 Å². The number of sulfonamides is 1. The maximum atomic E-state index is 12.9. The number of primary amides is 1. The number of nitrogens with two attached hydrogens (primary N) is 1. The van der Waals surface area contributed by atoms with Crippen LogP contribution in [0.15, 0.2) is 23.1 Å². The van der Waals surface area contributed by atoms with E-state index in [9.17, 15) is 18.0 Å². The van der Waals surface area contributed by atoms with Gasteiger partial charge >= 0.3 is 0 Å². The number of ether oxygens (including phenoxy) is 2. The van der Waals surface area contributed by atoms with Crippen LogP contribution in [0.3, 0.4) is 0 Å². The summed E-state index contributed by atoms with van der Waals surface area (Å²) in [6.45, 7) is 0.725. The molecule has 0 bridgehead atoms. The van der Waals surface area contributed by atoms with Gasteiger partial charge in [-0.25, -0.2) is 8.42 Å². The molecular weight excluding hydrogens is 410 g/mol. The number of rotatable bonds is 8. The maximum absolute atomic E-state index is 12.9. The second kappa shape index (κ2) is 10.1. The molecule has 3 rings (SSSR count). The highest BCUT2D eigenvalue weighted by Gasteiger charge is 2.29. The Hall–Kier alpha value is -2.33. The maximum Gasteiger partial charge on any atom is 0.241 e. The fraction of sp³-hybridized carbons (Fsp3) is 0.600. The summed E-state index contributed by atoms with van der Waals surface area (Å²) in [6, 6.07) is 3.19. The van der Waals surface area contributed by atoms with Gasteiger partial charge in [0, 0.05) is 18.5 Å². The van der Waals surface area contributed by atoms with Gasteiger partial charge in [-0.3, -0.25) is 9.59 Å². The Balaban J connectivity index is 1.73. The van der Waals surface area contributed by atoms with Crippen LogP contribution in [-0.4, -0.2) is 45.5 Å². The molecule has 2 aliphatic rings. The quantitative estimate of drug-likeness (QED) is 0.521. The van der Waals surface area contributed by atoms with Crippen molar-refractivity contribution >= 4 is 21.8 Å². The molecule has 0 saturated heterocycles. The largest absolute Gasteiger partial charge is 0.486 e. The summed E-state index contributed by atoms with van der Waals surface area (Å²) in [5.74, 6) is -0.234. The van der Waals surface area contributed by atoms with E-state index >= 15 is 0 Å². The van der Waals surface area contributed by atoms with E-state index < -0.39 is 27.9 Å². The second-order valence-corrected chi connectivity index (χ2v) is 9.40. The monoisotopic (exact) mass is 439 g/mol. The molecule has 1 atom stereocenters. The SMILES string of the molecule is NC(=O)CC[C@H](NS(=O)(=O)c1ccc2c(c1)OCCO2)C(=O)NC1CCCCCC1. The summed E-state index contributed by atoms with van der Waals surface area (Å²) >= 11 is 0. The van der Waals surface area contributed by atoms with E-state index in [1.165, 1.54) is 18.2 Å². The third-order valence-electron chi connectivity index (χ3n) is 5.32. The van der Waals surface area contributed by atoms with Crippen molar-refractivity contribution in [1.29, 1.82) is 0 Å². The number of hydrogen-bond acceptors (Lipinski definition) is 6. The first kappa shape index (κ1) is 22.4. The predicted molar refractivity (Wildman–Crippen MR) is 110 cm³/mol. The van der Waals surface area contributed by atoms with Crippen molar-refractivity contribution in [2.45, 2.75) is 68.3 Å². The minimum Gasteiger partial charge on any atom is -0.486 e. The molecule has 10 heteroatoms. The molecule has 1 aromatic rings. The lowest BCUT2D eigenvalue weighted by Crippen LogP contribution is -2.49. The first-order valence-electron chi connectivity index (χ1n) is 10.4. The van der Waals surface area contributed by atoms with E-state index in [2.05, 4.69) is 10.0 Å². The van der Waals surface area contributed by atoms with Gasteiger partial charge in [-0.2, -0.15) is 4.72 Å². The summed E-state index contributed by atoms with van der Waals surface area (Å²) in [5.41, 5.74) is 5.22. The van der Waals surface area contributed by atoms with Gasteiger partial charge < -0.3 is 20.5 Å². The van der Waals surface area contributed by atoms with Gasteiger partial charge in [-0.1, -0.05) is 25.7 Å². The van der Waals surface area contributed by atoms with Crippen LogP contribution in [0.1, 0.15) is 51.4 Å². The van der Waals surface area contributed by atoms with Crippen LogP contribution in [0.4, 0.5) is 0 Å². The first-order valence-corrected chi connectivity index (χ1v) is 11.8. The number of fused-ring (bicyclic) bond motifs is 1. The van der Waals surface area contributed by atoms with E-state index in [0.29, 0.717) is 24.7 Å². The lowest BCUT2D eigenvalue weighted by Gasteiger charge is -2.23. The highest BCUT2D eigenvalue weighted by atomic mass is 32.2. The van der Waals surface area contributed by atoms with Crippen LogP contribution in [0.2, 0.25) is 0 Å².